The van der Waals surface area contributed by atoms with E-state index >= 15 is 0 Å². The molecule has 0 aromatic carbocycles. The van der Waals surface area contributed by atoms with Gasteiger partial charge in [0, 0.05) is 74.0 Å². The number of nitrogens with two attached hydrogens (primary N) is 3. The Bertz CT molecular complexity index is 2160. The van der Waals surface area contributed by atoms with Crippen LogP contribution in [0.15, 0.2) is 33.7 Å². The second-order valence-corrected chi connectivity index (χ2v) is 11.2. The maximum atomic E-state index is 5.53. The summed E-state index contributed by atoms with van der Waals surface area (Å²) < 4.78 is 5.67. The molecule has 9 aromatic heterocycles. The number of hydrogen-bond acceptors (Lipinski definition) is 15. The van der Waals surface area contributed by atoms with Crippen molar-refractivity contribution < 1.29 is 63.2 Å². The van der Waals surface area contributed by atoms with Crippen LogP contribution in [0.25, 0.3) is 48.3 Å². The van der Waals surface area contributed by atoms with Crippen molar-refractivity contribution in [3.8, 4) is 0 Å². The number of fused-ring (bicyclic) bond motifs is 9. The Morgan fingerprint density at radius 1 is 0.529 bits per heavy atom. The molecule has 0 saturated carbocycles. The second-order valence-electron chi connectivity index (χ2n) is 8.65. The molecule has 0 aliphatic carbocycles. The SMILES string of the molecule is CC.CC.CC.[CH2-]c1nc2ccsc2c2nc(N)nn12.[CH2-]c1nc2cscc2c2nc(N)nn12.[CH2-]c1nc2sccc2c2nc(N)nn12.[W].[W].[W]. The number of rotatable bonds is 0. The maximum absolute atomic E-state index is 5.53. The first-order valence-corrected chi connectivity index (χ1v) is 17.6. The summed E-state index contributed by atoms with van der Waals surface area (Å²) >= 11 is 4.70. The summed E-state index contributed by atoms with van der Waals surface area (Å²) in [6.07, 6.45) is 0. The Morgan fingerprint density at radius 2 is 0.980 bits per heavy atom. The summed E-state index contributed by atoms with van der Waals surface area (Å²) in [5, 5.41) is 21.8. The van der Waals surface area contributed by atoms with Crippen LogP contribution in [0.1, 0.15) is 59.0 Å². The van der Waals surface area contributed by atoms with Gasteiger partial charge in [0.2, 0.25) is 17.8 Å². The number of thiophene rings is 3. The first-order valence-electron chi connectivity index (χ1n) is 14.9. The minimum absolute atomic E-state index is 0. The van der Waals surface area contributed by atoms with Crippen molar-refractivity contribution in [2.45, 2.75) is 41.5 Å². The standard InChI is InChI=1S/3C8H6N5S.3C2H6.3W/c1-4-10-6-3-14-2-5(6)7-11-8(9)12-13(4)7;1-4-10-5-2-3-14-6(5)7-11-8(9)12-13(4)7;1-4-10-7-5(2-3-14-7)6-11-8(9)12-13(4)6;3*1-2;;;/h3*2-3H,1H2,(H2,9,12);3*1-2H3;;;/q3*-1;;;;;;. The van der Waals surface area contributed by atoms with Gasteiger partial charge in [-0.3, -0.25) is 15.0 Å². The Hall–Kier alpha value is -3.40. The molecule has 0 spiro atoms. The minimum Gasteiger partial charge on any atom is -0.366 e. The molecule has 0 bridgehead atoms. The number of nitrogen functional groups attached to an aromatic ring is 3. The summed E-state index contributed by atoms with van der Waals surface area (Å²) in [4.78, 5) is 26.2. The smallest absolute Gasteiger partial charge is 0.240 e. The quantitative estimate of drug-likeness (QED) is 0.142. The molecule has 0 saturated heterocycles. The van der Waals surface area contributed by atoms with Gasteiger partial charge in [0.1, 0.15) is 4.83 Å². The largest absolute Gasteiger partial charge is 0.366 e. The molecule has 270 valence electrons. The fraction of sp³-hybridized carbons (Fsp3) is 0.200. The van der Waals surface area contributed by atoms with Crippen LogP contribution in [-0.4, -0.2) is 58.7 Å². The van der Waals surface area contributed by atoms with Gasteiger partial charge < -0.3 is 38.0 Å². The molecule has 0 unspecified atom stereocenters. The molecule has 0 aliphatic rings. The summed E-state index contributed by atoms with van der Waals surface area (Å²) in [6, 6.07) is 3.88. The molecule has 21 heteroatoms. The average Bonchev–Trinajstić information content (AvgIpc) is 3.93. The number of aromatic nitrogens is 12. The zero-order valence-electron chi connectivity index (χ0n) is 28.6. The summed E-state index contributed by atoms with van der Waals surface area (Å²) in [7, 11) is 0. The molecule has 9 heterocycles. The molecule has 6 N–H and O–H groups in total. The average molecular weight is 1250 g/mol. The molecule has 0 radical (unpaired) electrons. The van der Waals surface area contributed by atoms with Crippen LogP contribution in [0, 0.1) is 20.8 Å². The van der Waals surface area contributed by atoms with Crippen LogP contribution < -0.4 is 17.2 Å². The van der Waals surface area contributed by atoms with E-state index in [4.69, 9.17) is 17.2 Å². The third kappa shape index (κ3) is 9.54. The van der Waals surface area contributed by atoms with Gasteiger partial charge in [-0.1, -0.05) is 41.5 Å². The van der Waals surface area contributed by atoms with Crippen LogP contribution in [0.5, 0.6) is 0 Å². The molecular formula is C30H36N15S3W3-3. The molecule has 0 aliphatic heterocycles. The minimum atomic E-state index is 0. The first-order chi connectivity index (χ1) is 23.3. The van der Waals surface area contributed by atoms with Crippen LogP contribution >= 0.6 is 34.0 Å². The Kier molecular flexibility index (Phi) is 18.4. The van der Waals surface area contributed by atoms with Gasteiger partial charge in [-0.2, -0.15) is 15.0 Å². The van der Waals surface area contributed by atoms with Crippen LogP contribution in [0.4, 0.5) is 17.8 Å². The number of hydrogen-bond donors (Lipinski definition) is 3. The van der Waals surface area contributed by atoms with Crippen molar-refractivity contribution in [2.75, 3.05) is 17.2 Å². The second kappa shape index (κ2) is 20.6. The van der Waals surface area contributed by atoms with Crippen molar-refractivity contribution in [3.63, 3.8) is 0 Å². The monoisotopic (exact) mass is 1250 g/mol. The van der Waals surface area contributed by atoms with Crippen molar-refractivity contribution in [3.05, 3.63) is 71.9 Å². The van der Waals surface area contributed by atoms with Gasteiger partial charge in [-0.15, -0.1) is 49.3 Å². The van der Waals surface area contributed by atoms with Crippen LogP contribution in [-0.2, 0) is 63.2 Å². The third-order valence-corrected chi connectivity index (χ3v) is 8.39. The van der Waals surface area contributed by atoms with E-state index in [0.717, 1.165) is 48.3 Å². The Morgan fingerprint density at radius 3 is 1.55 bits per heavy atom. The number of anilines is 3. The fourth-order valence-electron chi connectivity index (χ4n) is 4.22. The maximum Gasteiger partial charge on any atom is 0.240 e. The molecule has 0 fully saturated rings. The molecule has 0 amide bonds. The topological polar surface area (TPSA) is 207 Å². The molecule has 9 rings (SSSR count). The van der Waals surface area contributed by atoms with E-state index in [2.05, 4.69) is 66.0 Å². The zero-order valence-corrected chi connectivity index (χ0v) is 39.9. The van der Waals surface area contributed by atoms with Gasteiger partial charge in [0.05, 0.1) is 26.5 Å². The van der Waals surface area contributed by atoms with Gasteiger partial charge in [-0.05, 0) is 40.4 Å². The van der Waals surface area contributed by atoms with Gasteiger partial charge in [0.15, 0.2) is 16.9 Å². The van der Waals surface area contributed by atoms with Gasteiger partial charge >= 0.3 is 0 Å². The normalized spacial score (nSPS) is 9.76. The fourth-order valence-corrected chi connectivity index (χ4v) is 6.54. The van der Waals surface area contributed by atoms with E-state index < -0.39 is 0 Å². The molecule has 51 heavy (non-hydrogen) atoms. The predicted octanol–water partition coefficient (Wildman–Crippen LogP) is 6.38. The van der Waals surface area contributed by atoms with E-state index in [9.17, 15) is 0 Å². The van der Waals surface area contributed by atoms with Gasteiger partial charge in [-0.25, -0.2) is 13.5 Å². The Balaban J connectivity index is 0.000000346. The zero-order chi connectivity index (χ0) is 35.1. The van der Waals surface area contributed by atoms with Crippen LogP contribution in [0.2, 0.25) is 0 Å². The van der Waals surface area contributed by atoms with E-state index in [1.54, 1.807) is 47.6 Å². The van der Waals surface area contributed by atoms with E-state index in [0.29, 0.717) is 17.5 Å². The third-order valence-electron chi connectivity index (χ3n) is 5.95. The molecule has 9 aromatic rings. The molecule has 0 atom stereocenters. The van der Waals surface area contributed by atoms with E-state index in [-0.39, 0.29) is 81.0 Å². The summed E-state index contributed by atoms with van der Waals surface area (Å²) in [5.74, 6) is 2.40. The summed E-state index contributed by atoms with van der Waals surface area (Å²) in [5.41, 5.74) is 20.5. The van der Waals surface area contributed by atoms with Crippen LogP contribution in [0.3, 0.4) is 0 Å². The van der Waals surface area contributed by atoms with Gasteiger partial charge in [0.25, 0.3) is 0 Å². The van der Waals surface area contributed by atoms with Crippen molar-refractivity contribution in [1.82, 2.24) is 58.7 Å². The first kappa shape index (κ1) is 45.6. The van der Waals surface area contributed by atoms with Crippen molar-refractivity contribution in [2.24, 2.45) is 0 Å². The Labute approximate surface area is 349 Å². The molecule has 15 nitrogen and oxygen atoms in total. The van der Waals surface area contributed by atoms with E-state index in [1.807, 2.05) is 75.2 Å². The van der Waals surface area contributed by atoms with Crippen molar-refractivity contribution >= 4 is 100 Å². The van der Waals surface area contributed by atoms with E-state index in [1.165, 1.54) is 0 Å². The number of nitrogens with zero attached hydrogens (tertiary/aromatic N) is 12. The summed E-state index contributed by atoms with van der Waals surface area (Å²) in [6.45, 7) is 23.4. The molecular weight excluding hydrogens is 1220 g/mol. The van der Waals surface area contributed by atoms with Crippen molar-refractivity contribution in [1.29, 1.82) is 0 Å². The predicted molar refractivity (Wildman–Crippen MR) is 199 cm³/mol.